The van der Waals surface area contributed by atoms with Gasteiger partial charge in [0.25, 0.3) is 5.91 Å². The van der Waals surface area contributed by atoms with Crippen LogP contribution in [0.15, 0.2) is 48.8 Å². The molecule has 0 aliphatic carbocycles. The normalized spacial score (nSPS) is 11.0. The molecule has 1 amide bonds. The van der Waals surface area contributed by atoms with E-state index in [0.717, 1.165) is 17.7 Å². The number of hydrogen-bond acceptors (Lipinski definition) is 5. The highest BCUT2D eigenvalue weighted by molar-refractivity contribution is 5.94. The molecule has 0 saturated heterocycles. The van der Waals surface area contributed by atoms with Gasteiger partial charge in [-0.15, -0.1) is 13.2 Å². The standard InChI is InChI=1S/C19H19F3N2O4/c1-2-27-17(25)9-11-24(13-14-4-3-10-23-12-14)18(26)15-5-7-16(8-6-15)28-19(20,21)22/h3-8,10,12H,2,9,11,13H2,1H3. The first-order chi connectivity index (χ1) is 13.3. The van der Waals surface area contributed by atoms with Crippen molar-refractivity contribution in [2.75, 3.05) is 13.2 Å². The number of ether oxygens (including phenoxy) is 2. The molecule has 1 heterocycles. The van der Waals surface area contributed by atoms with Gasteiger partial charge in [0, 0.05) is 31.0 Å². The van der Waals surface area contributed by atoms with Crippen LogP contribution in [0.4, 0.5) is 13.2 Å². The van der Waals surface area contributed by atoms with Gasteiger partial charge in [0.05, 0.1) is 13.0 Å². The van der Waals surface area contributed by atoms with Crippen molar-refractivity contribution in [1.29, 1.82) is 0 Å². The van der Waals surface area contributed by atoms with Crippen molar-refractivity contribution in [3.63, 3.8) is 0 Å². The third-order valence-corrected chi connectivity index (χ3v) is 3.61. The first-order valence-corrected chi connectivity index (χ1v) is 8.48. The van der Waals surface area contributed by atoms with Gasteiger partial charge in [-0.25, -0.2) is 0 Å². The highest BCUT2D eigenvalue weighted by Crippen LogP contribution is 2.23. The molecule has 0 spiro atoms. The molecule has 0 fully saturated rings. The fourth-order valence-electron chi connectivity index (χ4n) is 2.41. The summed E-state index contributed by atoms with van der Waals surface area (Å²) in [7, 11) is 0. The first-order valence-electron chi connectivity index (χ1n) is 8.48. The molecular weight excluding hydrogens is 377 g/mol. The van der Waals surface area contributed by atoms with Gasteiger partial charge in [0.2, 0.25) is 0 Å². The van der Waals surface area contributed by atoms with Crippen LogP contribution in [0.2, 0.25) is 0 Å². The summed E-state index contributed by atoms with van der Waals surface area (Å²) < 4.78 is 45.5. The van der Waals surface area contributed by atoms with Gasteiger partial charge >= 0.3 is 12.3 Å². The molecule has 1 aromatic heterocycles. The highest BCUT2D eigenvalue weighted by Gasteiger charge is 2.31. The number of nitrogens with zero attached hydrogens (tertiary/aromatic N) is 2. The van der Waals surface area contributed by atoms with Crippen LogP contribution in [0.5, 0.6) is 5.75 Å². The number of alkyl halides is 3. The molecule has 28 heavy (non-hydrogen) atoms. The topological polar surface area (TPSA) is 68.7 Å². The summed E-state index contributed by atoms with van der Waals surface area (Å²) >= 11 is 0. The summed E-state index contributed by atoms with van der Waals surface area (Å²) in [6.45, 7) is 2.19. The fraction of sp³-hybridized carbons (Fsp3) is 0.316. The maximum atomic E-state index is 12.8. The van der Waals surface area contributed by atoms with Crippen LogP contribution in [0.3, 0.4) is 0 Å². The number of benzene rings is 1. The van der Waals surface area contributed by atoms with Gasteiger partial charge in [0.15, 0.2) is 0 Å². The number of amides is 1. The van der Waals surface area contributed by atoms with E-state index in [0.29, 0.717) is 0 Å². The zero-order valence-corrected chi connectivity index (χ0v) is 15.1. The van der Waals surface area contributed by atoms with E-state index in [1.54, 1.807) is 31.5 Å². The van der Waals surface area contributed by atoms with Crippen molar-refractivity contribution >= 4 is 11.9 Å². The molecule has 0 bridgehead atoms. The molecule has 0 unspecified atom stereocenters. The molecule has 2 aromatic rings. The minimum atomic E-state index is -4.81. The van der Waals surface area contributed by atoms with E-state index in [2.05, 4.69) is 9.72 Å². The Balaban J connectivity index is 2.13. The Morgan fingerprint density at radius 1 is 1.14 bits per heavy atom. The quantitative estimate of drug-likeness (QED) is 0.638. The average molecular weight is 396 g/mol. The average Bonchev–Trinajstić information content (AvgIpc) is 2.65. The molecular formula is C19H19F3N2O4. The molecule has 1 aromatic carbocycles. The summed E-state index contributed by atoms with van der Waals surface area (Å²) in [5, 5.41) is 0. The summed E-state index contributed by atoms with van der Waals surface area (Å²) in [6, 6.07) is 8.10. The lowest BCUT2D eigenvalue weighted by molar-refractivity contribution is -0.274. The van der Waals surface area contributed by atoms with Gasteiger partial charge in [-0.05, 0) is 42.8 Å². The monoisotopic (exact) mass is 396 g/mol. The Bertz CT molecular complexity index is 780. The van der Waals surface area contributed by atoms with Gasteiger partial charge in [-0.3, -0.25) is 14.6 Å². The van der Waals surface area contributed by atoms with Gasteiger partial charge < -0.3 is 14.4 Å². The number of hydrogen-bond donors (Lipinski definition) is 0. The third kappa shape index (κ3) is 6.90. The molecule has 6 nitrogen and oxygen atoms in total. The van der Waals surface area contributed by atoms with Crippen LogP contribution in [0, 0.1) is 0 Å². The van der Waals surface area contributed by atoms with Gasteiger partial charge in [0.1, 0.15) is 5.75 Å². The molecule has 0 saturated carbocycles. The third-order valence-electron chi connectivity index (χ3n) is 3.61. The highest BCUT2D eigenvalue weighted by atomic mass is 19.4. The van der Waals surface area contributed by atoms with Crippen LogP contribution >= 0.6 is 0 Å². The van der Waals surface area contributed by atoms with E-state index in [9.17, 15) is 22.8 Å². The van der Waals surface area contributed by atoms with Crippen molar-refractivity contribution in [3.05, 3.63) is 59.9 Å². The van der Waals surface area contributed by atoms with Crippen LogP contribution < -0.4 is 4.74 Å². The summed E-state index contributed by atoms with van der Waals surface area (Å²) in [6.07, 6.45) is -1.63. The zero-order chi connectivity index (χ0) is 20.6. The van der Waals surface area contributed by atoms with E-state index >= 15 is 0 Å². The van der Waals surface area contributed by atoms with Crippen molar-refractivity contribution in [2.45, 2.75) is 26.3 Å². The van der Waals surface area contributed by atoms with Crippen molar-refractivity contribution in [2.24, 2.45) is 0 Å². The number of carbonyl (C=O) groups excluding carboxylic acids is 2. The molecule has 0 atom stereocenters. The number of halogens is 3. The van der Waals surface area contributed by atoms with E-state index in [4.69, 9.17) is 4.74 Å². The second kappa shape index (κ2) is 9.72. The smallest absolute Gasteiger partial charge is 0.466 e. The minimum Gasteiger partial charge on any atom is -0.466 e. The zero-order valence-electron chi connectivity index (χ0n) is 15.1. The Morgan fingerprint density at radius 3 is 2.43 bits per heavy atom. The molecule has 0 radical (unpaired) electrons. The number of carbonyl (C=O) groups is 2. The maximum Gasteiger partial charge on any atom is 0.573 e. The van der Waals surface area contributed by atoms with Crippen molar-refractivity contribution < 1.29 is 32.2 Å². The van der Waals surface area contributed by atoms with Crippen LogP contribution in [-0.4, -0.2) is 41.3 Å². The Labute approximate surface area is 159 Å². The van der Waals surface area contributed by atoms with E-state index in [1.807, 2.05) is 0 Å². The minimum absolute atomic E-state index is 0.00485. The molecule has 2 rings (SSSR count). The van der Waals surface area contributed by atoms with Crippen LogP contribution in [0.1, 0.15) is 29.3 Å². The predicted octanol–water partition coefficient (Wildman–Crippen LogP) is 3.58. The summed E-state index contributed by atoms with van der Waals surface area (Å²) in [4.78, 5) is 29.8. The fourth-order valence-corrected chi connectivity index (χ4v) is 2.41. The van der Waals surface area contributed by atoms with Crippen molar-refractivity contribution in [1.82, 2.24) is 9.88 Å². The van der Waals surface area contributed by atoms with Crippen molar-refractivity contribution in [3.8, 4) is 5.75 Å². The lowest BCUT2D eigenvalue weighted by Crippen LogP contribution is -2.33. The predicted molar refractivity (Wildman–Crippen MR) is 93.4 cm³/mol. The molecule has 0 N–H and O–H groups in total. The number of aromatic nitrogens is 1. The lowest BCUT2D eigenvalue weighted by Gasteiger charge is -2.22. The Morgan fingerprint density at radius 2 is 1.86 bits per heavy atom. The van der Waals surface area contributed by atoms with E-state index in [1.165, 1.54) is 17.0 Å². The molecule has 150 valence electrons. The number of pyridine rings is 1. The molecule has 9 heteroatoms. The Hall–Kier alpha value is -3.10. The summed E-state index contributed by atoms with van der Waals surface area (Å²) in [5.41, 5.74) is 0.916. The van der Waals surface area contributed by atoms with E-state index < -0.39 is 24.0 Å². The molecule has 0 aliphatic heterocycles. The van der Waals surface area contributed by atoms with Gasteiger partial charge in [-0.1, -0.05) is 6.07 Å². The second-order valence-corrected chi connectivity index (χ2v) is 5.72. The second-order valence-electron chi connectivity index (χ2n) is 5.72. The van der Waals surface area contributed by atoms with Crippen LogP contribution in [0.25, 0.3) is 0 Å². The Kier molecular flexibility index (Phi) is 7.36. The largest absolute Gasteiger partial charge is 0.573 e. The SMILES string of the molecule is CCOC(=O)CCN(Cc1cccnc1)C(=O)c1ccc(OC(F)(F)F)cc1. The van der Waals surface area contributed by atoms with E-state index in [-0.39, 0.29) is 31.7 Å². The van der Waals surface area contributed by atoms with Gasteiger partial charge in [-0.2, -0.15) is 0 Å². The van der Waals surface area contributed by atoms with Crippen LogP contribution in [-0.2, 0) is 16.1 Å². The molecule has 0 aliphatic rings. The first kappa shape index (κ1) is 21.2. The number of esters is 1. The maximum absolute atomic E-state index is 12.8. The number of rotatable bonds is 8. The lowest BCUT2D eigenvalue weighted by atomic mass is 10.1. The summed E-state index contributed by atoms with van der Waals surface area (Å²) in [5.74, 6) is -1.30.